The highest BCUT2D eigenvalue weighted by molar-refractivity contribution is 8.17. The van der Waals surface area contributed by atoms with Gasteiger partial charge in [-0.15, -0.1) is 47.0 Å². The molecule has 0 spiro atoms. The van der Waals surface area contributed by atoms with Gasteiger partial charge in [-0.1, -0.05) is 19.3 Å². The smallest absolute Gasteiger partial charge is 0.0502 e. The van der Waals surface area contributed by atoms with E-state index in [-0.39, 0.29) is 0 Å². The van der Waals surface area contributed by atoms with Gasteiger partial charge in [0.2, 0.25) is 0 Å². The Hall–Kier alpha value is 1.40. The van der Waals surface area contributed by atoms with E-state index in [0.717, 1.165) is 9.16 Å². The minimum absolute atomic E-state index is 0.933. The normalized spacial score (nSPS) is 24.0. The van der Waals surface area contributed by atoms with Crippen LogP contribution in [0.5, 0.6) is 0 Å². The fraction of sp³-hybridized carbons (Fsp3) is 1.00. The summed E-state index contributed by atoms with van der Waals surface area (Å²) in [6.07, 6.45) is 10.2. The first-order valence-corrected chi connectivity index (χ1v) is 11.1. The molecule has 0 amide bonds. The first kappa shape index (κ1) is 14.8. The highest BCUT2D eigenvalue weighted by Gasteiger charge is 2.15. The number of hydrogen-bond donors (Lipinski definition) is 0. The molecule has 0 nitrogen and oxygen atoms in total. The zero-order valence-electron chi connectivity index (χ0n) is 10.6. The van der Waals surface area contributed by atoms with Gasteiger partial charge >= 0.3 is 0 Å². The topological polar surface area (TPSA) is 0 Å². The van der Waals surface area contributed by atoms with Crippen LogP contribution in [0.4, 0.5) is 0 Å². The number of unbranched alkanes of at least 4 members (excludes halogenated alkanes) is 2. The second-order valence-corrected chi connectivity index (χ2v) is 10.5. The minimum atomic E-state index is 0.933. The molecule has 2 fully saturated rings. The summed E-state index contributed by atoms with van der Waals surface area (Å²) >= 11 is 8.82. The van der Waals surface area contributed by atoms with Gasteiger partial charge in [0, 0.05) is 0 Å². The van der Waals surface area contributed by atoms with Gasteiger partial charge in [0.05, 0.1) is 9.16 Å². The molecule has 0 aromatic heterocycles. The summed E-state index contributed by atoms with van der Waals surface area (Å²) in [5.41, 5.74) is 0. The predicted molar refractivity (Wildman–Crippen MR) is 89.7 cm³/mol. The standard InChI is InChI=1S/C13H24S4/c1(2-6-12-14-8-4-9-15-12)3-7-13-16-10-5-11-17-13/h12-13H,1-11H2. The molecular formula is C13H24S4. The largest absolute Gasteiger partial charge is 0.148 e. The maximum Gasteiger partial charge on any atom is 0.0502 e. The molecule has 0 unspecified atom stereocenters. The lowest BCUT2D eigenvalue weighted by Crippen LogP contribution is -2.07. The zero-order valence-corrected chi connectivity index (χ0v) is 13.8. The van der Waals surface area contributed by atoms with Crippen LogP contribution in [0.1, 0.15) is 44.9 Å². The van der Waals surface area contributed by atoms with Crippen LogP contribution in [-0.2, 0) is 0 Å². The van der Waals surface area contributed by atoms with Crippen molar-refractivity contribution in [1.29, 1.82) is 0 Å². The van der Waals surface area contributed by atoms with Crippen molar-refractivity contribution in [1.82, 2.24) is 0 Å². The van der Waals surface area contributed by atoms with E-state index >= 15 is 0 Å². The van der Waals surface area contributed by atoms with Crippen LogP contribution in [0, 0.1) is 0 Å². The van der Waals surface area contributed by atoms with Gasteiger partial charge in [-0.2, -0.15) is 0 Å². The molecule has 0 N–H and O–H groups in total. The van der Waals surface area contributed by atoms with Crippen molar-refractivity contribution in [3.05, 3.63) is 0 Å². The van der Waals surface area contributed by atoms with Crippen LogP contribution in [0.15, 0.2) is 0 Å². The number of rotatable bonds is 6. The molecule has 0 atom stereocenters. The molecule has 0 radical (unpaired) electrons. The Bertz CT molecular complexity index is 166. The molecule has 2 heterocycles. The Balaban J connectivity index is 1.42. The summed E-state index contributed by atoms with van der Waals surface area (Å²) in [6, 6.07) is 0. The average Bonchev–Trinajstić information content (AvgIpc) is 2.41. The zero-order chi connectivity index (χ0) is 11.8. The van der Waals surface area contributed by atoms with E-state index in [9.17, 15) is 0 Å². The van der Waals surface area contributed by atoms with Crippen LogP contribution >= 0.6 is 47.0 Å². The van der Waals surface area contributed by atoms with Gasteiger partial charge in [-0.25, -0.2) is 0 Å². The molecule has 4 heteroatoms. The van der Waals surface area contributed by atoms with Gasteiger partial charge in [-0.05, 0) is 48.7 Å². The van der Waals surface area contributed by atoms with Crippen molar-refractivity contribution < 1.29 is 0 Å². The van der Waals surface area contributed by atoms with Crippen LogP contribution in [0.3, 0.4) is 0 Å². The lowest BCUT2D eigenvalue weighted by Gasteiger charge is -2.22. The van der Waals surface area contributed by atoms with E-state index in [1.165, 1.54) is 68.0 Å². The first-order chi connectivity index (χ1) is 8.45. The van der Waals surface area contributed by atoms with Crippen molar-refractivity contribution in [3.63, 3.8) is 0 Å². The van der Waals surface area contributed by atoms with Gasteiger partial charge in [0.1, 0.15) is 0 Å². The Labute approximate surface area is 124 Å². The third-order valence-corrected chi connectivity index (χ3v) is 9.33. The van der Waals surface area contributed by atoms with Gasteiger partial charge in [0.25, 0.3) is 0 Å². The Kier molecular flexibility index (Phi) is 8.12. The summed E-state index contributed by atoms with van der Waals surface area (Å²) in [5, 5.41) is 0. The molecule has 2 rings (SSSR count). The maximum absolute atomic E-state index is 2.20. The summed E-state index contributed by atoms with van der Waals surface area (Å²) < 4.78 is 1.87. The highest BCUT2D eigenvalue weighted by Crippen LogP contribution is 2.36. The van der Waals surface area contributed by atoms with Gasteiger partial charge in [-0.3, -0.25) is 0 Å². The third-order valence-electron chi connectivity index (χ3n) is 3.17. The van der Waals surface area contributed by atoms with E-state index in [4.69, 9.17) is 0 Å². The molecule has 0 saturated carbocycles. The summed E-state index contributed by atoms with van der Waals surface area (Å²) in [7, 11) is 0. The number of thioether (sulfide) groups is 4. The second-order valence-electron chi connectivity index (χ2n) is 4.69. The van der Waals surface area contributed by atoms with Crippen LogP contribution in [0.2, 0.25) is 0 Å². The van der Waals surface area contributed by atoms with Crippen LogP contribution in [0.25, 0.3) is 0 Å². The fourth-order valence-electron chi connectivity index (χ4n) is 2.21. The predicted octanol–water partition coefficient (Wildman–Crippen LogP) is 5.33. The van der Waals surface area contributed by atoms with Crippen molar-refractivity contribution in [2.24, 2.45) is 0 Å². The maximum atomic E-state index is 2.20. The Morgan fingerprint density at radius 2 is 1.00 bits per heavy atom. The van der Waals surface area contributed by atoms with E-state index in [1.807, 2.05) is 0 Å². The van der Waals surface area contributed by atoms with Crippen molar-refractivity contribution in [3.8, 4) is 0 Å². The van der Waals surface area contributed by atoms with E-state index in [1.54, 1.807) is 0 Å². The van der Waals surface area contributed by atoms with E-state index < -0.39 is 0 Å². The van der Waals surface area contributed by atoms with Gasteiger partial charge in [0.15, 0.2) is 0 Å². The summed E-state index contributed by atoms with van der Waals surface area (Å²) in [4.78, 5) is 0. The summed E-state index contributed by atoms with van der Waals surface area (Å²) in [6.45, 7) is 0. The van der Waals surface area contributed by atoms with Crippen molar-refractivity contribution in [2.75, 3.05) is 23.0 Å². The second kappa shape index (κ2) is 9.33. The lowest BCUT2D eigenvalue weighted by atomic mass is 10.2. The van der Waals surface area contributed by atoms with Crippen molar-refractivity contribution >= 4 is 47.0 Å². The molecule has 100 valence electrons. The van der Waals surface area contributed by atoms with Crippen LogP contribution < -0.4 is 0 Å². The highest BCUT2D eigenvalue weighted by atomic mass is 32.2. The Morgan fingerprint density at radius 1 is 0.588 bits per heavy atom. The Morgan fingerprint density at radius 3 is 1.41 bits per heavy atom. The first-order valence-electron chi connectivity index (χ1n) is 6.91. The van der Waals surface area contributed by atoms with E-state index in [2.05, 4.69) is 47.0 Å². The monoisotopic (exact) mass is 308 g/mol. The molecular weight excluding hydrogens is 284 g/mol. The van der Waals surface area contributed by atoms with E-state index in [0.29, 0.717) is 0 Å². The molecule has 0 aromatic carbocycles. The third kappa shape index (κ3) is 6.40. The molecule has 0 aromatic rings. The van der Waals surface area contributed by atoms with Crippen molar-refractivity contribution in [2.45, 2.75) is 54.1 Å². The molecule has 2 aliphatic rings. The molecule has 0 aliphatic carbocycles. The lowest BCUT2D eigenvalue weighted by molar-refractivity contribution is 0.648. The number of hydrogen-bond acceptors (Lipinski definition) is 4. The fourth-order valence-corrected chi connectivity index (χ4v) is 8.12. The SMILES string of the molecule is C(CCC1SCCCS1)CCC1SCCCS1. The quantitative estimate of drug-likeness (QED) is 0.608. The molecule has 2 saturated heterocycles. The molecule has 17 heavy (non-hydrogen) atoms. The molecule has 0 bridgehead atoms. The van der Waals surface area contributed by atoms with Crippen LogP contribution in [-0.4, -0.2) is 32.2 Å². The molecule has 2 aliphatic heterocycles. The average molecular weight is 309 g/mol. The minimum Gasteiger partial charge on any atom is -0.148 e. The van der Waals surface area contributed by atoms with Gasteiger partial charge < -0.3 is 0 Å². The summed E-state index contributed by atoms with van der Waals surface area (Å²) in [5.74, 6) is 5.64.